The van der Waals surface area contributed by atoms with E-state index in [2.05, 4.69) is 0 Å². The predicted octanol–water partition coefficient (Wildman–Crippen LogP) is 3.75. The van der Waals surface area contributed by atoms with Crippen molar-refractivity contribution in [3.8, 4) is 0 Å². The van der Waals surface area contributed by atoms with Crippen LogP contribution in [0.2, 0.25) is 0 Å². The highest BCUT2D eigenvalue weighted by molar-refractivity contribution is 6.21. The van der Waals surface area contributed by atoms with Gasteiger partial charge in [0.05, 0.1) is 5.57 Å². The standard InChI is InChI=1S/C22H23NO4/c1-15(22(25)26-14-18-10-6-4-7-11-18)23-17(3)27-16(2)20(21(23)24)19-12-8-5-9-13-19/h4-13,15,17H,14H2,1-3H3. The van der Waals surface area contributed by atoms with Crippen molar-refractivity contribution in [2.45, 2.75) is 39.6 Å². The summed E-state index contributed by atoms with van der Waals surface area (Å²) in [5, 5.41) is 0. The molecule has 27 heavy (non-hydrogen) atoms. The molecule has 0 aliphatic carbocycles. The molecule has 5 heteroatoms. The Kier molecular flexibility index (Phi) is 5.60. The monoisotopic (exact) mass is 365 g/mol. The van der Waals surface area contributed by atoms with Crippen LogP contribution in [-0.4, -0.2) is 29.0 Å². The molecule has 3 rings (SSSR count). The number of hydrogen-bond donors (Lipinski definition) is 0. The molecule has 2 aromatic rings. The van der Waals surface area contributed by atoms with Gasteiger partial charge in [-0.15, -0.1) is 0 Å². The molecule has 2 aromatic carbocycles. The molecule has 0 spiro atoms. The van der Waals surface area contributed by atoms with Crippen molar-refractivity contribution in [1.82, 2.24) is 4.90 Å². The first kappa shape index (κ1) is 18.7. The Hall–Kier alpha value is -3.08. The highest BCUT2D eigenvalue weighted by atomic mass is 16.5. The topological polar surface area (TPSA) is 55.8 Å². The van der Waals surface area contributed by atoms with Gasteiger partial charge >= 0.3 is 5.97 Å². The minimum Gasteiger partial charge on any atom is -0.475 e. The summed E-state index contributed by atoms with van der Waals surface area (Å²) in [6, 6.07) is 18.0. The van der Waals surface area contributed by atoms with Gasteiger partial charge in [0.25, 0.3) is 5.91 Å². The van der Waals surface area contributed by atoms with E-state index in [1.54, 1.807) is 20.8 Å². The number of amides is 1. The van der Waals surface area contributed by atoms with Crippen molar-refractivity contribution in [2.75, 3.05) is 0 Å². The first-order chi connectivity index (χ1) is 13.0. The smallest absolute Gasteiger partial charge is 0.329 e. The zero-order valence-corrected chi connectivity index (χ0v) is 15.7. The third-order valence-electron chi connectivity index (χ3n) is 4.58. The van der Waals surface area contributed by atoms with Gasteiger partial charge < -0.3 is 9.47 Å². The third kappa shape index (κ3) is 4.03. The van der Waals surface area contributed by atoms with Crippen LogP contribution in [-0.2, 0) is 25.7 Å². The van der Waals surface area contributed by atoms with E-state index in [0.29, 0.717) is 11.3 Å². The summed E-state index contributed by atoms with van der Waals surface area (Å²) >= 11 is 0. The molecule has 0 bridgehead atoms. The Morgan fingerprint density at radius 2 is 1.70 bits per heavy atom. The molecule has 1 amide bonds. The van der Waals surface area contributed by atoms with E-state index in [9.17, 15) is 9.59 Å². The van der Waals surface area contributed by atoms with E-state index in [1.165, 1.54) is 4.90 Å². The summed E-state index contributed by atoms with van der Waals surface area (Å²) < 4.78 is 11.3. The van der Waals surface area contributed by atoms with Crippen molar-refractivity contribution >= 4 is 17.4 Å². The Morgan fingerprint density at radius 1 is 1.11 bits per heavy atom. The van der Waals surface area contributed by atoms with Crippen molar-refractivity contribution in [2.24, 2.45) is 0 Å². The Bertz CT molecular complexity index is 845. The molecule has 0 saturated carbocycles. The fourth-order valence-corrected chi connectivity index (χ4v) is 3.20. The van der Waals surface area contributed by atoms with Gasteiger partial charge in [0, 0.05) is 0 Å². The Balaban J connectivity index is 1.77. The average molecular weight is 365 g/mol. The first-order valence-electron chi connectivity index (χ1n) is 8.95. The highest BCUT2D eigenvalue weighted by Crippen LogP contribution is 2.30. The molecule has 1 aliphatic rings. The van der Waals surface area contributed by atoms with Gasteiger partial charge in [-0.25, -0.2) is 4.79 Å². The predicted molar refractivity (Wildman–Crippen MR) is 102 cm³/mol. The molecule has 1 aliphatic heterocycles. The lowest BCUT2D eigenvalue weighted by Crippen LogP contribution is -2.52. The number of esters is 1. The van der Waals surface area contributed by atoms with Crippen LogP contribution in [0.25, 0.3) is 5.57 Å². The zero-order chi connectivity index (χ0) is 19.4. The fraction of sp³-hybridized carbons (Fsp3) is 0.273. The Labute approximate surface area is 159 Å². The van der Waals surface area contributed by atoms with E-state index in [-0.39, 0.29) is 12.5 Å². The van der Waals surface area contributed by atoms with E-state index >= 15 is 0 Å². The van der Waals surface area contributed by atoms with Crippen LogP contribution in [0.3, 0.4) is 0 Å². The molecule has 2 unspecified atom stereocenters. The van der Waals surface area contributed by atoms with Gasteiger partial charge in [0.2, 0.25) is 0 Å². The number of rotatable bonds is 5. The lowest BCUT2D eigenvalue weighted by atomic mass is 10.0. The fourth-order valence-electron chi connectivity index (χ4n) is 3.20. The number of nitrogens with zero attached hydrogens (tertiary/aromatic N) is 1. The van der Waals surface area contributed by atoms with Crippen molar-refractivity contribution in [3.05, 3.63) is 77.5 Å². The molecule has 0 fully saturated rings. The summed E-state index contributed by atoms with van der Waals surface area (Å²) in [5.41, 5.74) is 2.13. The maximum absolute atomic E-state index is 13.1. The quantitative estimate of drug-likeness (QED) is 0.757. The van der Waals surface area contributed by atoms with Gasteiger partial charge in [-0.3, -0.25) is 9.69 Å². The zero-order valence-electron chi connectivity index (χ0n) is 15.7. The van der Waals surface area contributed by atoms with Gasteiger partial charge in [0.15, 0.2) is 6.23 Å². The number of allylic oxidation sites excluding steroid dienone is 1. The summed E-state index contributed by atoms with van der Waals surface area (Å²) in [5.74, 6) is -0.143. The van der Waals surface area contributed by atoms with Crippen molar-refractivity contribution in [1.29, 1.82) is 0 Å². The van der Waals surface area contributed by atoms with Crippen LogP contribution in [0, 0.1) is 0 Å². The molecular formula is C22H23NO4. The number of ether oxygens (including phenoxy) is 2. The molecule has 0 saturated heterocycles. The highest BCUT2D eigenvalue weighted by Gasteiger charge is 2.38. The van der Waals surface area contributed by atoms with Crippen LogP contribution in [0.15, 0.2) is 66.4 Å². The van der Waals surface area contributed by atoms with Gasteiger partial charge in [-0.05, 0) is 31.9 Å². The van der Waals surface area contributed by atoms with E-state index in [0.717, 1.165) is 11.1 Å². The second-order valence-electron chi connectivity index (χ2n) is 6.50. The number of benzene rings is 2. The van der Waals surface area contributed by atoms with Crippen molar-refractivity contribution in [3.63, 3.8) is 0 Å². The molecule has 0 radical (unpaired) electrons. The van der Waals surface area contributed by atoms with E-state index in [1.807, 2.05) is 60.7 Å². The maximum Gasteiger partial charge on any atom is 0.329 e. The van der Waals surface area contributed by atoms with Crippen LogP contribution in [0.1, 0.15) is 31.9 Å². The lowest BCUT2D eigenvalue weighted by Gasteiger charge is -2.38. The normalized spacial score (nSPS) is 18.1. The van der Waals surface area contributed by atoms with Crippen LogP contribution in [0.5, 0.6) is 0 Å². The average Bonchev–Trinajstić information content (AvgIpc) is 2.67. The second kappa shape index (κ2) is 8.08. The second-order valence-corrected chi connectivity index (χ2v) is 6.50. The molecule has 1 heterocycles. The van der Waals surface area contributed by atoms with Gasteiger partial charge in [0.1, 0.15) is 18.4 Å². The van der Waals surface area contributed by atoms with Crippen molar-refractivity contribution < 1.29 is 19.1 Å². The summed E-state index contributed by atoms with van der Waals surface area (Å²) in [6.07, 6.45) is -0.552. The molecule has 5 nitrogen and oxygen atoms in total. The number of carbonyl (C=O) groups is 2. The van der Waals surface area contributed by atoms with E-state index in [4.69, 9.17) is 9.47 Å². The lowest BCUT2D eigenvalue weighted by molar-refractivity contribution is -0.163. The van der Waals surface area contributed by atoms with Crippen LogP contribution < -0.4 is 0 Å². The molecule has 140 valence electrons. The molecular weight excluding hydrogens is 342 g/mol. The Morgan fingerprint density at radius 3 is 2.33 bits per heavy atom. The summed E-state index contributed by atoms with van der Waals surface area (Å²) in [4.78, 5) is 27.1. The number of carbonyl (C=O) groups excluding carboxylic acids is 2. The third-order valence-corrected chi connectivity index (χ3v) is 4.58. The molecule has 0 aromatic heterocycles. The largest absolute Gasteiger partial charge is 0.475 e. The SMILES string of the molecule is CC1=C(c2ccccc2)C(=O)N(C(C)C(=O)OCc2ccccc2)C(C)O1. The molecule has 0 N–H and O–H groups in total. The summed E-state index contributed by atoms with van der Waals surface area (Å²) in [7, 11) is 0. The first-order valence-corrected chi connectivity index (χ1v) is 8.95. The minimum absolute atomic E-state index is 0.168. The van der Waals surface area contributed by atoms with E-state index < -0.39 is 18.2 Å². The summed E-state index contributed by atoms with van der Waals surface area (Å²) in [6.45, 7) is 5.35. The maximum atomic E-state index is 13.1. The molecule has 2 atom stereocenters. The number of hydrogen-bond acceptors (Lipinski definition) is 4. The minimum atomic E-state index is -0.761. The van der Waals surface area contributed by atoms with Gasteiger partial charge in [-0.1, -0.05) is 60.7 Å². The van der Waals surface area contributed by atoms with Crippen LogP contribution in [0.4, 0.5) is 0 Å². The van der Waals surface area contributed by atoms with Crippen LogP contribution >= 0.6 is 0 Å². The van der Waals surface area contributed by atoms with Gasteiger partial charge in [-0.2, -0.15) is 0 Å².